The number of carbonyl (C=O) groups is 3. The molecule has 9 heteroatoms. The molecule has 2 fully saturated rings. The molecule has 1 aliphatic carbocycles. The molecule has 7 nitrogen and oxygen atoms in total. The first-order valence-corrected chi connectivity index (χ1v) is 11.8. The van der Waals surface area contributed by atoms with Crippen LogP contribution in [0.5, 0.6) is 11.5 Å². The Morgan fingerprint density at radius 1 is 1.17 bits per heavy atom. The zero-order valence-electron chi connectivity index (χ0n) is 17.4. The highest BCUT2D eigenvalue weighted by atomic mass is 35.5. The van der Waals surface area contributed by atoms with Crippen molar-refractivity contribution in [3.63, 3.8) is 0 Å². The lowest BCUT2D eigenvalue weighted by Crippen LogP contribution is -2.48. The van der Waals surface area contributed by atoms with Crippen LogP contribution >= 0.6 is 23.4 Å². The van der Waals surface area contributed by atoms with Crippen LogP contribution in [-0.4, -0.2) is 54.9 Å². The molecule has 0 radical (unpaired) electrons. The number of thioether (sulfide) groups is 1. The third-order valence-corrected chi connectivity index (χ3v) is 6.77. The Morgan fingerprint density at radius 2 is 1.73 bits per heavy atom. The minimum absolute atomic E-state index is 0.218. The van der Waals surface area contributed by atoms with Crippen LogP contribution < -0.4 is 14.8 Å². The summed E-state index contributed by atoms with van der Waals surface area (Å²) in [6.07, 6.45) is 5.62. The first-order valence-electron chi connectivity index (χ1n) is 10.0. The Bertz CT molecular complexity index is 810. The van der Waals surface area contributed by atoms with Crippen LogP contribution in [0.15, 0.2) is 12.1 Å². The molecule has 3 atom stereocenters. The number of ether oxygens (including phenoxy) is 2. The molecule has 1 aliphatic heterocycles. The third kappa shape index (κ3) is 4.39. The highest BCUT2D eigenvalue weighted by Crippen LogP contribution is 2.40. The number of benzene rings is 1. The van der Waals surface area contributed by atoms with Crippen LogP contribution in [0, 0.1) is 11.8 Å². The number of halogens is 1. The average molecular weight is 455 g/mol. The van der Waals surface area contributed by atoms with Gasteiger partial charge in [0.1, 0.15) is 6.04 Å². The Balaban J connectivity index is 1.86. The first-order chi connectivity index (χ1) is 14.4. The fraction of sp³-hybridized carbons (Fsp3) is 0.571. The van der Waals surface area contributed by atoms with Crippen molar-refractivity contribution in [2.24, 2.45) is 11.8 Å². The molecule has 0 aromatic heterocycles. The zero-order chi connectivity index (χ0) is 21.8. The van der Waals surface area contributed by atoms with Crippen molar-refractivity contribution in [3.05, 3.63) is 17.2 Å². The molecule has 0 spiro atoms. The highest BCUT2D eigenvalue weighted by molar-refractivity contribution is 7.98. The Labute approximate surface area is 185 Å². The van der Waals surface area contributed by atoms with E-state index in [1.807, 2.05) is 6.26 Å². The SMILES string of the molecule is COc1cc(Cl)c(NC(=O)C(CCSC)N2C(=O)C3CCCCC3C2=O)cc1OC. The number of fused-ring (bicyclic) bond motifs is 1. The second-order valence-corrected chi connectivity index (χ2v) is 8.91. The predicted octanol–water partition coefficient (Wildman–Crippen LogP) is 3.59. The van der Waals surface area contributed by atoms with E-state index in [0.717, 1.165) is 12.8 Å². The predicted molar refractivity (Wildman–Crippen MR) is 117 cm³/mol. The maximum Gasteiger partial charge on any atom is 0.247 e. The maximum atomic E-state index is 13.2. The summed E-state index contributed by atoms with van der Waals surface area (Å²) >= 11 is 7.87. The normalized spacial score (nSPS) is 21.9. The number of methoxy groups -OCH3 is 2. The Morgan fingerprint density at radius 3 is 2.27 bits per heavy atom. The minimum atomic E-state index is -0.868. The van der Waals surface area contributed by atoms with Crippen molar-refractivity contribution < 1.29 is 23.9 Å². The second-order valence-electron chi connectivity index (χ2n) is 7.52. The summed E-state index contributed by atoms with van der Waals surface area (Å²) in [5.74, 6) is 0.0447. The van der Waals surface area contributed by atoms with Gasteiger partial charge in [-0.15, -0.1) is 0 Å². The molecule has 1 saturated carbocycles. The largest absolute Gasteiger partial charge is 0.493 e. The quantitative estimate of drug-likeness (QED) is 0.604. The summed E-state index contributed by atoms with van der Waals surface area (Å²) in [6.45, 7) is 0. The molecule has 3 rings (SSSR count). The molecule has 2 aliphatic rings. The monoisotopic (exact) mass is 454 g/mol. The summed E-state index contributed by atoms with van der Waals surface area (Å²) in [6, 6.07) is 2.25. The number of anilines is 1. The fourth-order valence-electron chi connectivity index (χ4n) is 4.27. The molecule has 3 unspecified atom stereocenters. The molecule has 30 heavy (non-hydrogen) atoms. The Kier molecular flexibility index (Phi) is 7.52. The number of amides is 3. The van der Waals surface area contributed by atoms with Gasteiger partial charge in [0.05, 0.1) is 36.8 Å². The van der Waals surface area contributed by atoms with E-state index in [4.69, 9.17) is 21.1 Å². The van der Waals surface area contributed by atoms with Gasteiger partial charge in [-0.05, 0) is 31.3 Å². The number of hydrogen-bond donors (Lipinski definition) is 1. The number of rotatable bonds is 8. The van der Waals surface area contributed by atoms with Crippen molar-refractivity contribution in [1.29, 1.82) is 0 Å². The van der Waals surface area contributed by atoms with Gasteiger partial charge in [0, 0.05) is 12.1 Å². The van der Waals surface area contributed by atoms with Crippen LogP contribution in [0.3, 0.4) is 0 Å². The summed E-state index contributed by atoms with van der Waals surface area (Å²) in [4.78, 5) is 40.5. The molecule has 164 valence electrons. The molecular formula is C21H27ClN2O5S. The molecule has 1 aromatic carbocycles. The van der Waals surface area contributed by atoms with E-state index < -0.39 is 11.9 Å². The van der Waals surface area contributed by atoms with Crippen LogP contribution in [0.1, 0.15) is 32.1 Å². The third-order valence-electron chi connectivity index (χ3n) is 5.82. The molecule has 1 N–H and O–H groups in total. The smallest absolute Gasteiger partial charge is 0.247 e. The lowest BCUT2D eigenvalue weighted by atomic mass is 9.81. The molecule has 3 amide bonds. The van der Waals surface area contributed by atoms with E-state index in [2.05, 4.69) is 5.32 Å². The fourth-order valence-corrected chi connectivity index (χ4v) is 4.93. The highest BCUT2D eigenvalue weighted by Gasteiger charge is 2.51. The summed E-state index contributed by atoms with van der Waals surface area (Å²) in [5.41, 5.74) is 0.338. The number of hydrogen-bond acceptors (Lipinski definition) is 6. The van der Waals surface area contributed by atoms with Crippen molar-refractivity contribution >= 4 is 46.8 Å². The van der Waals surface area contributed by atoms with Gasteiger partial charge in [-0.1, -0.05) is 24.4 Å². The van der Waals surface area contributed by atoms with Crippen molar-refractivity contribution in [2.45, 2.75) is 38.1 Å². The van der Waals surface area contributed by atoms with Gasteiger partial charge in [0.15, 0.2) is 11.5 Å². The van der Waals surface area contributed by atoms with Gasteiger partial charge in [-0.25, -0.2) is 0 Å². The van der Waals surface area contributed by atoms with Gasteiger partial charge in [0.25, 0.3) is 0 Å². The first kappa shape index (κ1) is 22.7. The van der Waals surface area contributed by atoms with Gasteiger partial charge in [-0.2, -0.15) is 11.8 Å². The number of nitrogens with zero attached hydrogens (tertiary/aromatic N) is 1. The second kappa shape index (κ2) is 9.92. The van der Waals surface area contributed by atoms with Crippen molar-refractivity contribution in [2.75, 3.05) is 31.5 Å². The standard InChI is InChI=1S/C21H27ClN2O5S/c1-28-17-10-14(22)15(11-18(17)29-2)23-19(25)16(8-9-30-3)24-20(26)12-6-4-5-7-13(12)21(24)27/h10-13,16H,4-9H2,1-3H3,(H,23,25). The molecular weight excluding hydrogens is 428 g/mol. The van der Waals surface area contributed by atoms with E-state index in [9.17, 15) is 14.4 Å². The average Bonchev–Trinajstić information content (AvgIpc) is 3.00. The molecule has 0 bridgehead atoms. The minimum Gasteiger partial charge on any atom is -0.493 e. The number of likely N-dealkylation sites (tertiary alicyclic amines) is 1. The van der Waals surface area contributed by atoms with Crippen molar-refractivity contribution in [1.82, 2.24) is 4.90 Å². The summed E-state index contributed by atoms with van der Waals surface area (Å²) < 4.78 is 10.5. The van der Waals surface area contributed by atoms with E-state index in [-0.39, 0.29) is 28.7 Å². The van der Waals surface area contributed by atoms with Crippen LogP contribution in [0.2, 0.25) is 5.02 Å². The van der Waals surface area contributed by atoms with Gasteiger partial charge in [0.2, 0.25) is 17.7 Å². The topological polar surface area (TPSA) is 84.9 Å². The number of imide groups is 1. The van der Waals surface area contributed by atoms with Gasteiger partial charge in [-0.3, -0.25) is 19.3 Å². The summed E-state index contributed by atoms with van der Waals surface area (Å²) in [5, 5.41) is 3.06. The van der Waals surface area contributed by atoms with Crippen LogP contribution in [0.4, 0.5) is 5.69 Å². The van der Waals surface area contributed by atoms with E-state index >= 15 is 0 Å². The van der Waals surface area contributed by atoms with E-state index in [1.54, 1.807) is 23.9 Å². The Hall–Kier alpha value is -1.93. The summed E-state index contributed by atoms with van der Waals surface area (Å²) in [7, 11) is 2.98. The van der Waals surface area contributed by atoms with Crippen molar-refractivity contribution in [3.8, 4) is 11.5 Å². The van der Waals surface area contributed by atoms with E-state index in [1.165, 1.54) is 19.1 Å². The molecule has 1 aromatic rings. The lowest BCUT2D eigenvalue weighted by molar-refractivity contribution is -0.146. The molecule has 1 heterocycles. The zero-order valence-corrected chi connectivity index (χ0v) is 19.0. The maximum absolute atomic E-state index is 13.2. The van der Waals surface area contributed by atoms with Gasteiger partial charge >= 0.3 is 0 Å². The van der Waals surface area contributed by atoms with Gasteiger partial charge < -0.3 is 14.8 Å². The molecule has 1 saturated heterocycles. The van der Waals surface area contributed by atoms with Crippen LogP contribution in [-0.2, 0) is 14.4 Å². The number of carbonyl (C=O) groups excluding carboxylic acids is 3. The number of nitrogens with one attached hydrogen (secondary N) is 1. The lowest BCUT2D eigenvalue weighted by Gasteiger charge is -2.26. The van der Waals surface area contributed by atoms with E-state index in [0.29, 0.717) is 42.2 Å². The van der Waals surface area contributed by atoms with Crippen LogP contribution in [0.25, 0.3) is 0 Å².